The standard InChI is InChI=1S/C11H13FO4/c1-6-7(11(13)16-4)5-8(12)10(15-3)9(6)14-2/h5H,1-4H3. The maximum atomic E-state index is 13.6. The van der Waals surface area contributed by atoms with Crippen molar-refractivity contribution in [2.24, 2.45) is 0 Å². The summed E-state index contributed by atoms with van der Waals surface area (Å²) in [6, 6.07) is 1.07. The molecule has 1 aromatic rings. The molecule has 0 aliphatic carbocycles. The average Bonchev–Trinajstić information content (AvgIpc) is 2.29. The van der Waals surface area contributed by atoms with Gasteiger partial charge < -0.3 is 14.2 Å². The molecule has 5 heteroatoms. The second-order valence-electron chi connectivity index (χ2n) is 3.09. The van der Waals surface area contributed by atoms with Crippen LogP contribution < -0.4 is 9.47 Å². The molecule has 1 aromatic carbocycles. The van der Waals surface area contributed by atoms with Crippen molar-refractivity contribution in [3.8, 4) is 11.5 Å². The quantitative estimate of drug-likeness (QED) is 0.741. The molecule has 0 saturated heterocycles. The van der Waals surface area contributed by atoms with Gasteiger partial charge in [0.05, 0.1) is 26.9 Å². The largest absolute Gasteiger partial charge is 0.492 e. The number of methoxy groups -OCH3 is 3. The van der Waals surface area contributed by atoms with Crippen LogP contribution >= 0.6 is 0 Å². The van der Waals surface area contributed by atoms with E-state index >= 15 is 0 Å². The van der Waals surface area contributed by atoms with Gasteiger partial charge in [0.25, 0.3) is 0 Å². The van der Waals surface area contributed by atoms with E-state index in [1.165, 1.54) is 21.3 Å². The summed E-state index contributed by atoms with van der Waals surface area (Å²) >= 11 is 0. The van der Waals surface area contributed by atoms with Crippen molar-refractivity contribution < 1.29 is 23.4 Å². The highest BCUT2D eigenvalue weighted by molar-refractivity contribution is 5.92. The van der Waals surface area contributed by atoms with Crippen molar-refractivity contribution >= 4 is 5.97 Å². The van der Waals surface area contributed by atoms with Gasteiger partial charge in [-0.25, -0.2) is 9.18 Å². The van der Waals surface area contributed by atoms with Crippen molar-refractivity contribution in [2.75, 3.05) is 21.3 Å². The fourth-order valence-corrected chi connectivity index (χ4v) is 1.46. The minimum atomic E-state index is -0.662. The van der Waals surface area contributed by atoms with Gasteiger partial charge in [0, 0.05) is 5.56 Å². The summed E-state index contributed by atoms with van der Waals surface area (Å²) in [4.78, 5) is 11.4. The Hall–Kier alpha value is -1.78. The summed E-state index contributed by atoms with van der Waals surface area (Å²) in [5, 5.41) is 0. The SMILES string of the molecule is COC(=O)c1cc(F)c(OC)c(OC)c1C. The molecule has 0 aliphatic rings. The summed E-state index contributed by atoms with van der Waals surface area (Å²) < 4.78 is 28.0. The predicted molar refractivity (Wildman–Crippen MR) is 55.6 cm³/mol. The number of hydrogen-bond donors (Lipinski definition) is 0. The van der Waals surface area contributed by atoms with Crippen molar-refractivity contribution in [1.29, 1.82) is 0 Å². The van der Waals surface area contributed by atoms with Gasteiger partial charge in [0.2, 0.25) is 0 Å². The lowest BCUT2D eigenvalue weighted by Gasteiger charge is -2.13. The molecule has 0 radical (unpaired) electrons. The molecule has 16 heavy (non-hydrogen) atoms. The van der Waals surface area contributed by atoms with Crippen molar-refractivity contribution in [3.05, 3.63) is 23.0 Å². The van der Waals surface area contributed by atoms with E-state index in [2.05, 4.69) is 4.74 Å². The molecule has 1 rings (SSSR count). The number of halogens is 1. The van der Waals surface area contributed by atoms with E-state index in [0.717, 1.165) is 6.07 Å². The molecule has 88 valence electrons. The second-order valence-corrected chi connectivity index (χ2v) is 3.09. The van der Waals surface area contributed by atoms with Crippen LogP contribution in [-0.2, 0) is 4.74 Å². The molecule has 0 N–H and O–H groups in total. The molecular weight excluding hydrogens is 215 g/mol. The number of carbonyl (C=O) groups excluding carboxylic acids is 1. The Morgan fingerprint density at radius 1 is 1.19 bits per heavy atom. The third-order valence-electron chi connectivity index (χ3n) is 2.25. The molecule has 0 saturated carbocycles. The monoisotopic (exact) mass is 228 g/mol. The number of ether oxygens (including phenoxy) is 3. The summed E-state index contributed by atoms with van der Waals surface area (Å²) in [6.45, 7) is 1.63. The van der Waals surface area contributed by atoms with Crippen molar-refractivity contribution in [1.82, 2.24) is 0 Å². The van der Waals surface area contributed by atoms with E-state index < -0.39 is 11.8 Å². The number of benzene rings is 1. The third kappa shape index (κ3) is 1.93. The van der Waals surface area contributed by atoms with Crippen LogP contribution in [0.4, 0.5) is 4.39 Å². The van der Waals surface area contributed by atoms with E-state index in [1.807, 2.05) is 0 Å². The van der Waals surface area contributed by atoms with E-state index in [9.17, 15) is 9.18 Å². The van der Waals surface area contributed by atoms with Crippen LogP contribution in [0.15, 0.2) is 6.07 Å². The summed E-state index contributed by atoms with van der Waals surface area (Å²) in [6.07, 6.45) is 0. The molecule has 0 fully saturated rings. The van der Waals surface area contributed by atoms with Crippen LogP contribution in [-0.4, -0.2) is 27.3 Å². The Balaban J connectivity index is 3.45. The number of rotatable bonds is 3. The Kier molecular flexibility index (Phi) is 3.71. The maximum Gasteiger partial charge on any atom is 0.338 e. The molecule has 0 amide bonds. The normalized spacial score (nSPS) is 9.81. The number of carbonyl (C=O) groups is 1. The average molecular weight is 228 g/mol. The Morgan fingerprint density at radius 3 is 2.19 bits per heavy atom. The van der Waals surface area contributed by atoms with E-state index in [-0.39, 0.29) is 17.1 Å². The van der Waals surface area contributed by atoms with Crippen LogP contribution in [0.1, 0.15) is 15.9 Å². The van der Waals surface area contributed by atoms with Gasteiger partial charge in [-0.05, 0) is 13.0 Å². The highest BCUT2D eigenvalue weighted by Gasteiger charge is 2.21. The number of esters is 1. The Labute approximate surface area is 92.9 Å². The first-order chi connectivity index (χ1) is 7.56. The van der Waals surface area contributed by atoms with Gasteiger partial charge in [-0.3, -0.25) is 0 Å². The molecule has 0 aliphatic heterocycles. The second kappa shape index (κ2) is 4.83. The molecule has 0 unspecified atom stereocenters. The molecule has 0 spiro atoms. The minimum Gasteiger partial charge on any atom is -0.492 e. The van der Waals surface area contributed by atoms with Gasteiger partial charge in [-0.15, -0.1) is 0 Å². The lowest BCUT2D eigenvalue weighted by molar-refractivity contribution is 0.0598. The van der Waals surface area contributed by atoms with Gasteiger partial charge in [0.15, 0.2) is 17.3 Å². The highest BCUT2D eigenvalue weighted by Crippen LogP contribution is 2.35. The summed E-state index contributed by atoms with van der Waals surface area (Å²) in [5.41, 5.74) is 0.602. The molecule has 0 bridgehead atoms. The molecular formula is C11H13FO4. The first kappa shape index (κ1) is 12.3. The van der Waals surface area contributed by atoms with Crippen LogP contribution in [0.2, 0.25) is 0 Å². The molecule has 0 atom stereocenters. The molecule has 0 heterocycles. The zero-order valence-electron chi connectivity index (χ0n) is 9.59. The van der Waals surface area contributed by atoms with Gasteiger partial charge in [-0.2, -0.15) is 0 Å². The van der Waals surface area contributed by atoms with Crippen LogP contribution in [0.3, 0.4) is 0 Å². The highest BCUT2D eigenvalue weighted by atomic mass is 19.1. The lowest BCUT2D eigenvalue weighted by Crippen LogP contribution is -2.07. The third-order valence-corrected chi connectivity index (χ3v) is 2.25. The smallest absolute Gasteiger partial charge is 0.338 e. The summed E-state index contributed by atoms with van der Waals surface area (Å²) in [7, 11) is 3.94. The molecule has 4 nitrogen and oxygen atoms in total. The van der Waals surface area contributed by atoms with E-state index in [1.54, 1.807) is 6.92 Å². The zero-order valence-corrected chi connectivity index (χ0v) is 9.59. The first-order valence-corrected chi connectivity index (χ1v) is 4.56. The Bertz CT molecular complexity index is 415. The van der Waals surface area contributed by atoms with Crippen LogP contribution in [0.5, 0.6) is 11.5 Å². The van der Waals surface area contributed by atoms with E-state index in [0.29, 0.717) is 5.56 Å². The van der Waals surface area contributed by atoms with Gasteiger partial charge in [0.1, 0.15) is 0 Å². The lowest BCUT2D eigenvalue weighted by atomic mass is 10.1. The maximum absolute atomic E-state index is 13.6. The van der Waals surface area contributed by atoms with Gasteiger partial charge in [-0.1, -0.05) is 0 Å². The first-order valence-electron chi connectivity index (χ1n) is 4.56. The predicted octanol–water partition coefficient (Wildman–Crippen LogP) is 1.94. The number of hydrogen-bond acceptors (Lipinski definition) is 4. The van der Waals surface area contributed by atoms with Gasteiger partial charge >= 0.3 is 5.97 Å². The fraction of sp³-hybridized carbons (Fsp3) is 0.364. The topological polar surface area (TPSA) is 44.8 Å². The summed E-state index contributed by atoms with van der Waals surface area (Å²) in [5.74, 6) is -1.10. The van der Waals surface area contributed by atoms with Crippen molar-refractivity contribution in [3.63, 3.8) is 0 Å². The molecule has 0 aromatic heterocycles. The van der Waals surface area contributed by atoms with Crippen LogP contribution in [0.25, 0.3) is 0 Å². The van der Waals surface area contributed by atoms with Crippen LogP contribution in [0, 0.1) is 12.7 Å². The van der Waals surface area contributed by atoms with E-state index in [4.69, 9.17) is 9.47 Å². The Morgan fingerprint density at radius 2 is 1.75 bits per heavy atom. The minimum absolute atomic E-state index is 0.0207. The van der Waals surface area contributed by atoms with Crippen molar-refractivity contribution in [2.45, 2.75) is 6.92 Å². The zero-order chi connectivity index (χ0) is 12.3. The fourth-order valence-electron chi connectivity index (χ4n) is 1.46.